The number of aromatic nitrogens is 2. The van der Waals surface area contributed by atoms with Crippen LogP contribution in [-0.4, -0.2) is 22.0 Å². The van der Waals surface area contributed by atoms with E-state index in [1.165, 1.54) is 12.8 Å². The predicted molar refractivity (Wildman–Crippen MR) is 91.9 cm³/mol. The molecule has 0 aliphatic heterocycles. The summed E-state index contributed by atoms with van der Waals surface area (Å²) >= 11 is 0. The lowest BCUT2D eigenvalue weighted by atomic mass is 10.1. The highest BCUT2D eigenvalue weighted by Crippen LogP contribution is 2.38. The van der Waals surface area contributed by atoms with Gasteiger partial charge in [-0.15, -0.1) is 0 Å². The zero-order chi connectivity index (χ0) is 17.1. The summed E-state index contributed by atoms with van der Waals surface area (Å²) in [5, 5.41) is 2.88. The van der Waals surface area contributed by atoms with Crippen molar-refractivity contribution in [3.63, 3.8) is 0 Å². The summed E-state index contributed by atoms with van der Waals surface area (Å²) < 4.78 is 5.75. The summed E-state index contributed by atoms with van der Waals surface area (Å²) in [5.41, 5.74) is 4.14. The van der Waals surface area contributed by atoms with Gasteiger partial charge in [0, 0.05) is 11.6 Å². The van der Waals surface area contributed by atoms with Crippen LogP contribution in [0.3, 0.4) is 0 Å². The number of amides is 1. The molecule has 0 radical (unpaired) electrons. The molecule has 24 heavy (non-hydrogen) atoms. The van der Waals surface area contributed by atoms with Crippen LogP contribution in [0.4, 0.5) is 0 Å². The van der Waals surface area contributed by atoms with Gasteiger partial charge in [0.25, 0.3) is 5.91 Å². The molecule has 0 bridgehead atoms. The SMILES string of the molecule is Cc1cc(C)cc(OC(C)C(=O)NCc2cc(C3CC3)ncn2)c1. The quantitative estimate of drug-likeness (QED) is 0.886. The van der Waals surface area contributed by atoms with Crippen LogP contribution in [0.1, 0.15) is 48.2 Å². The zero-order valence-electron chi connectivity index (χ0n) is 14.4. The van der Waals surface area contributed by atoms with Gasteiger partial charge in [-0.25, -0.2) is 9.97 Å². The molecule has 0 spiro atoms. The molecule has 1 aliphatic rings. The van der Waals surface area contributed by atoms with Gasteiger partial charge >= 0.3 is 0 Å². The van der Waals surface area contributed by atoms with Gasteiger partial charge in [0.1, 0.15) is 12.1 Å². The van der Waals surface area contributed by atoms with Crippen LogP contribution >= 0.6 is 0 Å². The predicted octanol–water partition coefficient (Wildman–Crippen LogP) is 3.05. The lowest BCUT2D eigenvalue weighted by Crippen LogP contribution is -2.36. The minimum atomic E-state index is -0.559. The van der Waals surface area contributed by atoms with Gasteiger partial charge in [-0.1, -0.05) is 6.07 Å². The molecule has 1 fully saturated rings. The standard InChI is InChI=1S/C19H23N3O2/c1-12-6-13(2)8-17(7-12)24-14(3)19(23)20-10-16-9-18(15-4-5-15)22-11-21-16/h6-9,11,14-15H,4-5,10H2,1-3H3,(H,20,23). The number of ether oxygens (including phenoxy) is 1. The van der Waals surface area contributed by atoms with Gasteiger partial charge in [0.05, 0.1) is 12.2 Å². The summed E-state index contributed by atoms with van der Waals surface area (Å²) in [5.74, 6) is 1.14. The van der Waals surface area contributed by atoms with Crippen LogP contribution in [0.15, 0.2) is 30.6 Å². The van der Waals surface area contributed by atoms with Crippen molar-refractivity contribution in [3.8, 4) is 5.75 Å². The Balaban J connectivity index is 1.55. The molecule has 1 N–H and O–H groups in total. The van der Waals surface area contributed by atoms with Crippen molar-refractivity contribution in [2.24, 2.45) is 0 Å². The third-order valence-corrected chi connectivity index (χ3v) is 4.06. The molecule has 1 aromatic carbocycles. The highest BCUT2D eigenvalue weighted by atomic mass is 16.5. The number of benzene rings is 1. The van der Waals surface area contributed by atoms with Crippen molar-refractivity contribution < 1.29 is 9.53 Å². The number of carbonyl (C=O) groups excluding carboxylic acids is 1. The lowest BCUT2D eigenvalue weighted by Gasteiger charge is -2.15. The molecule has 3 rings (SSSR count). The van der Waals surface area contributed by atoms with Crippen molar-refractivity contribution in [3.05, 3.63) is 53.1 Å². The molecule has 126 valence electrons. The summed E-state index contributed by atoms with van der Waals surface area (Å²) in [7, 11) is 0. The third kappa shape index (κ3) is 4.31. The van der Waals surface area contributed by atoms with E-state index in [0.717, 1.165) is 22.5 Å². The second kappa shape index (κ2) is 6.99. The number of hydrogen-bond donors (Lipinski definition) is 1. The average Bonchev–Trinajstić information content (AvgIpc) is 3.36. The Kier molecular flexibility index (Phi) is 4.79. The van der Waals surface area contributed by atoms with Crippen molar-refractivity contribution in [1.29, 1.82) is 0 Å². The second-order valence-corrected chi connectivity index (χ2v) is 6.51. The number of hydrogen-bond acceptors (Lipinski definition) is 4. The minimum Gasteiger partial charge on any atom is -0.481 e. The Labute approximate surface area is 142 Å². The fourth-order valence-electron chi connectivity index (χ4n) is 2.69. The molecule has 5 nitrogen and oxygen atoms in total. The van der Waals surface area contributed by atoms with Crippen molar-refractivity contribution >= 4 is 5.91 Å². The topological polar surface area (TPSA) is 64.1 Å². The van der Waals surface area contributed by atoms with Crippen molar-refractivity contribution in [2.45, 2.75) is 52.2 Å². The Hall–Kier alpha value is -2.43. The van der Waals surface area contributed by atoms with Crippen molar-refractivity contribution in [2.75, 3.05) is 0 Å². The Bertz CT molecular complexity index is 721. The molecule has 1 unspecified atom stereocenters. The number of carbonyl (C=O) groups is 1. The molecule has 1 aliphatic carbocycles. The average molecular weight is 325 g/mol. The maximum Gasteiger partial charge on any atom is 0.261 e. The summed E-state index contributed by atoms with van der Waals surface area (Å²) in [4.78, 5) is 20.8. The summed E-state index contributed by atoms with van der Waals surface area (Å²) in [6.45, 7) is 6.17. The number of nitrogens with one attached hydrogen (secondary N) is 1. The van der Waals surface area contributed by atoms with Gasteiger partial charge in [0.15, 0.2) is 6.10 Å². The van der Waals surface area contributed by atoms with Gasteiger partial charge < -0.3 is 10.1 Å². The first-order valence-electron chi connectivity index (χ1n) is 8.35. The van der Waals surface area contributed by atoms with E-state index in [0.29, 0.717) is 18.2 Å². The maximum absolute atomic E-state index is 12.2. The van der Waals surface area contributed by atoms with E-state index in [1.54, 1.807) is 13.3 Å². The molecule has 1 saturated carbocycles. The Morgan fingerprint density at radius 1 is 1.21 bits per heavy atom. The van der Waals surface area contributed by atoms with Gasteiger partial charge in [-0.3, -0.25) is 4.79 Å². The molecule has 1 atom stereocenters. The third-order valence-electron chi connectivity index (χ3n) is 4.06. The molecule has 2 aromatic rings. The molecular weight excluding hydrogens is 302 g/mol. The van der Waals surface area contributed by atoms with Crippen LogP contribution in [0.25, 0.3) is 0 Å². The summed E-state index contributed by atoms with van der Waals surface area (Å²) in [6.07, 6.45) is 3.41. The molecule has 1 aromatic heterocycles. The monoisotopic (exact) mass is 325 g/mol. The molecule has 5 heteroatoms. The van der Waals surface area contributed by atoms with Gasteiger partial charge in [-0.05, 0) is 62.9 Å². The molecule has 1 amide bonds. The van der Waals surface area contributed by atoms with Crippen LogP contribution < -0.4 is 10.1 Å². The second-order valence-electron chi connectivity index (χ2n) is 6.51. The first-order chi connectivity index (χ1) is 11.5. The number of aryl methyl sites for hydroxylation is 2. The van der Waals surface area contributed by atoms with Gasteiger partial charge in [0.2, 0.25) is 0 Å². The maximum atomic E-state index is 12.2. The molecule has 1 heterocycles. The first-order valence-corrected chi connectivity index (χ1v) is 8.35. The molecule has 0 saturated heterocycles. The van der Waals surface area contributed by atoms with E-state index in [9.17, 15) is 4.79 Å². The van der Waals surface area contributed by atoms with E-state index < -0.39 is 6.10 Å². The number of nitrogens with zero attached hydrogens (tertiary/aromatic N) is 2. The van der Waals surface area contributed by atoms with Gasteiger partial charge in [-0.2, -0.15) is 0 Å². The van der Waals surface area contributed by atoms with Crippen LogP contribution in [0.5, 0.6) is 5.75 Å². The van der Waals surface area contributed by atoms with Crippen LogP contribution in [0.2, 0.25) is 0 Å². The smallest absolute Gasteiger partial charge is 0.261 e. The fraction of sp³-hybridized carbons (Fsp3) is 0.421. The van der Waals surface area contributed by atoms with E-state index >= 15 is 0 Å². The summed E-state index contributed by atoms with van der Waals surface area (Å²) in [6, 6.07) is 7.92. The van der Waals surface area contributed by atoms with E-state index in [-0.39, 0.29) is 5.91 Å². The largest absolute Gasteiger partial charge is 0.481 e. The minimum absolute atomic E-state index is 0.152. The Morgan fingerprint density at radius 3 is 2.58 bits per heavy atom. The first kappa shape index (κ1) is 16.4. The Morgan fingerprint density at radius 2 is 1.92 bits per heavy atom. The van der Waals surface area contributed by atoms with Crippen molar-refractivity contribution in [1.82, 2.24) is 15.3 Å². The molecular formula is C19H23N3O2. The van der Waals surface area contributed by atoms with Crippen LogP contribution in [0, 0.1) is 13.8 Å². The van der Waals surface area contributed by atoms with E-state index in [4.69, 9.17) is 4.74 Å². The number of rotatable bonds is 6. The van der Waals surface area contributed by atoms with E-state index in [2.05, 4.69) is 21.4 Å². The highest BCUT2D eigenvalue weighted by molar-refractivity contribution is 5.80. The normalized spacial score (nSPS) is 15.0. The van der Waals surface area contributed by atoms with Crippen LogP contribution in [-0.2, 0) is 11.3 Å². The van der Waals surface area contributed by atoms with E-state index in [1.807, 2.05) is 32.0 Å². The zero-order valence-corrected chi connectivity index (χ0v) is 14.4. The lowest BCUT2D eigenvalue weighted by molar-refractivity contribution is -0.127. The fourth-order valence-corrected chi connectivity index (χ4v) is 2.69. The highest BCUT2D eigenvalue weighted by Gasteiger charge is 2.25.